The summed E-state index contributed by atoms with van der Waals surface area (Å²) < 4.78 is 0. The lowest BCUT2D eigenvalue weighted by molar-refractivity contribution is -0.121. The van der Waals surface area contributed by atoms with Crippen molar-refractivity contribution >= 4 is 23.4 Å². The molecule has 3 aliphatic rings. The Balaban J connectivity index is 1.52. The van der Waals surface area contributed by atoms with Crippen LogP contribution in [0.15, 0.2) is 17.3 Å². The number of nitrogens with zero attached hydrogens (tertiary/aromatic N) is 1. The molecule has 1 aromatic rings. The SMILES string of the molecule is O=C(NC1CCCNC1)C1Sc2nccc3c2C1NCN3. The highest BCUT2D eigenvalue weighted by Gasteiger charge is 2.42. The normalized spacial score (nSPS) is 30.4. The Hall–Kier alpha value is -1.31. The van der Waals surface area contributed by atoms with Gasteiger partial charge < -0.3 is 16.0 Å². The molecule has 0 radical (unpaired) electrons. The van der Waals surface area contributed by atoms with Crippen molar-refractivity contribution in [3.05, 3.63) is 17.8 Å². The number of thioether (sulfide) groups is 1. The smallest absolute Gasteiger partial charge is 0.235 e. The zero-order valence-corrected chi connectivity index (χ0v) is 12.5. The van der Waals surface area contributed by atoms with Gasteiger partial charge in [0.2, 0.25) is 5.91 Å². The van der Waals surface area contributed by atoms with Crippen molar-refractivity contribution in [2.24, 2.45) is 0 Å². The molecule has 0 aromatic carbocycles. The van der Waals surface area contributed by atoms with Crippen molar-refractivity contribution in [1.82, 2.24) is 20.9 Å². The summed E-state index contributed by atoms with van der Waals surface area (Å²) in [6.07, 6.45) is 3.99. The summed E-state index contributed by atoms with van der Waals surface area (Å²) in [7, 11) is 0. The van der Waals surface area contributed by atoms with Crippen molar-refractivity contribution in [2.45, 2.75) is 35.2 Å². The molecule has 3 atom stereocenters. The van der Waals surface area contributed by atoms with E-state index in [2.05, 4.69) is 26.3 Å². The standard InChI is InChI=1S/C14H19N5OS/c20-13(19-8-2-1-4-15-6-8)12-11-10-9(17-7-18-11)3-5-16-14(10)21-12/h3,5,8,11-12,15,17-18H,1-2,4,6-7H2,(H,19,20). The first-order chi connectivity index (χ1) is 10.3. The van der Waals surface area contributed by atoms with Gasteiger partial charge in [0.25, 0.3) is 0 Å². The van der Waals surface area contributed by atoms with Crippen molar-refractivity contribution in [1.29, 1.82) is 0 Å². The number of hydrogen-bond donors (Lipinski definition) is 4. The summed E-state index contributed by atoms with van der Waals surface area (Å²) in [6, 6.07) is 2.30. The van der Waals surface area contributed by atoms with Crippen molar-refractivity contribution in [2.75, 3.05) is 25.1 Å². The lowest BCUT2D eigenvalue weighted by atomic mass is 10.0. The molecular formula is C14H19N5OS. The highest BCUT2D eigenvalue weighted by Crippen LogP contribution is 2.47. The van der Waals surface area contributed by atoms with E-state index in [9.17, 15) is 4.79 Å². The molecule has 1 saturated heterocycles. The molecule has 112 valence electrons. The van der Waals surface area contributed by atoms with Gasteiger partial charge in [-0.15, -0.1) is 0 Å². The van der Waals surface area contributed by atoms with E-state index >= 15 is 0 Å². The second kappa shape index (κ2) is 5.47. The van der Waals surface area contributed by atoms with Gasteiger partial charge in [0.15, 0.2) is 0 Å². The van der Waals surface area contributed by atoms with Crippen LogP contribution in [0.5, 0.6) is 0 Å². The molecule has 3 aliphatic heterocycles. The third-order valence-electron chi connectivity index (χ3n) is 4.31. The molecule has 3 unspecified atom stereocenters. The maximum absolute atomic E-state index is 12.6. The molecule has 0 bridgehead atoms. The maximum atomic E-state index is 12.6. The van der Waals surface area contributed by atoms with Crippen LogP contribution in [0.25, 0.3) is 0 Å². The van der Waals surface area contributed by atoms with Crippen LogP contribution >= 0.6 is 11.8 Å². The number of carbonyl (C=O) groups excluding carboxylic acids is 1. The fourth-order valence-corrected chi connectivity index (χ4v) is 4.54. The first kappa shape index (κ1) is 13.4. The Morgan fingerprint density at radius 2 is 2.43 bits per heavy atom. The molecule has 21 heavy (non-hydrogen) atoms. The topological polar surface area (TPSA) is 78.1 Å². The van der Waals surface area contributed by atoms with Crippen LogP contribution in [0, 0.1) is 0 Å². The quantitative estimate of drug-likeness (QED) is 0.635. The van der Waals surface area contributed by atoms with Crippen molar-refractivity contribution in [3.63, 3.8) is 0 Å². The molecule has 0 spiro atoms. The number of amides is 1. The van der Waals surface area contributed by atoms with Crippen LogP contribution in [-0.4, -0.2) is 41.9 Å². The summed E-state index contributed by atoms with van der Waals surface area (Å²) >= 11 is 1.57. The number of aromatic nitrogens is 1. The van der Waals surface area contributed by atoms with E-state index in [1.165, 1.54) is 0 Å². The fourth-order valence-electron chi connectivity index (χ4n) is 3.27. The predicted molar refractivity (Wildman–Crippen MR) is 82.3 cm³/mol. The van der Waals surface area contributed by atoms with Crippen LogP contribution in [0.3, 0.4) is 0 Å². The zero-order chi connectivity index (χ0) is 14.2. The maximum Gasteiger partial charge on any atom is 0.235 e. The number of piperidine rings is 1. The number of pyridine rings is 1. The van der Waals surface area contributed by atoms with Gasteiger partial charge >= 0.3 is 0 Å². The van der Waals surface area contributed by atoms with Crippen LogP contribution < -0.4 is 21.3 Å². The molecular weight excluding hydrogens is 286 g/mol. The third-order valence-corrected chi connectivity index (χ3v) is 5.60. The monoisotopic (exact) mass is 305 g/mol. The first-order valence-electron chi connectivity index (χ1n) is 7.47. The Bertz CT molecular complexity index is 560. The molecule has 4 N–H and O–H groups in total. The summed E-state index contributed by atoms with van der Waals surface area (Å²) in [5.74, 6) is 0.122. The van der Waals surface area contributed by atoms with Crippen molar-refractivity contribution in [3.8, 4) is 0 Å². The molecule has 1 amide bonds. The number of nitrogens with one attached hydrogen (secondary N) is 4. The van der Waals surface area contributed by atoms with Gasteiger partial charge in [-0.2, -0.15) is 0 Å². The lowest BCUT2D eigenvalue weighted by Crippen LogP contribution is -2.50. The Labute approximate surface area is 127 Å². The minimum absolute atomic E-state index is 0.0616. The summed E-state index contributed by atoms with van der Waals surface area (Å²) in [5, 5.41) is 14.1. The van der Waals surface area contributed by atoms with Gasteiger partial charge in [-0.05, 0) is 25.5 Å². The van der Waals surface area contributed by atoms with Crippen LogP contribution in [0.1, 0.15) is 24.4 Å². The molecule has 0 aliphatic carbocycles. The molecule has 0 saturated carbocycles. The average molecular weight is 305 g/mol. The van der Waals surface area contributed by atoms with Gasteiger partial charge in [-0.3, -0.25) is 10.1 Å². The van der Waals surface area contributed by atoms with Crippen LogP contribution in [0.4, 0.5) is 5.69 Å². The largest absolute Gasteiger partial charge is 0.372 e. The van der Waals surface area contributed by atoms with Gasteiger partial charge in [-0.25, -0.2) is 4.98 Å². The number of rotatable bonds is 2. The Morgan fingerprint density at radius 3 is 3.29 bits per heavy atom. The Morgan fingerprint density at radius 1 is 1.48 bits per heavy atom. The van der Waals surface area contributed by atoms with E-state index in [1.54, 1.807) is 11.8 Å². The highest BCUT2D eigenvalue weighted by atomic mass is 32.2. The van der Waals surface area contributed by atoms with Gasteiger partial charge in [0.05, 0.1) is 12.7 Å². The van der Waals surface area contributed by atoms with Crippen LogP contribution in [0.2, 0.25) is 0 Å². The predicted octanol–water partition coefficient (Wildman–Crippen LogP) is 0.438. The van der Waals surface area contributed by atoms with E-state index in [0.717, 1.165) is 42.2 Å². The highest BCUT2D eigenvalue weighted by molar-refractivity contribution is 8.01. The minimum Gasteiger partial charge on any atom is -0.372 e. The van der Waals surface area contributed by atoms with E-state index < -0.39 is 0 Å². The summed E-state index contributed by atoms with van der Waals surface area (Å²) in [5.41, 5.74) is 2.25. The molecule has 1 aromatic heterocycles. The van der Waals surface area contributed by atoms with E-state index in [1.807, 2.05) is 12.3 Å². The van der Waals surface area contributed by atoms with E-state index in [0.29, 0.717) is 6.67 Å². The zero-order valence-electron chi connectivity index (χ0n) is 11.7. The molecule has 6 nitrogen and oxygen atoms in total. The van der Waals surface area contributed by atoms with Crippen molar-refractivity contribution < 1.29 is 4.79 Å². The third kappa shape index (κ3) is 2.39. The second-order valence-corrected chi connectivity index (χ2v) is 6.83. The Kier molecular flexibility index (Phi) is 3.48. The average Bonchev–Trinajstić information content (AvgIpc) is 2.90. The minimum atomic E-state index is -0.127. The van der Waals surface area contributed by atoms with Gasteiger partial charge in [0.1, 0.15) is 10.3 Å². The van der Waals surface area contributed by atoms with E-state index in [4.69, 9.17) is 0 Å². The molecule has 4 heterocycles. The molecule has 1 fully saturated rings. The van der Waals surface area contributed by atoms with Crippen LogP contribution in [-0.2, 0) is 4.79 Å². The molecule has 7 heteroatoms. The summed E-state index contributed by atoms with van der Waals surface area (Å²) in [4.78, 5) is 17.1. The number of hydrogen-bond acceptors (Lipinski definition) is 6. The first-order valence-corrected chi connectivity index (χ1v) is 8.35. The fraction of sp³-hybridized carbons (Fsp3) is 0.571. The summed E-state index contributed by atoms with van der Waals surface area (Å²) in [6.45, 7) is 2.62. The number of carbonyl (C=O) groups is 1. The van der Waals surface area contributed by atoms with Gasteiger partial charge in [-0.1, -0.05) is 11.8 Å². The van der Waals surface area contributed by atoms with Gasteiger partial charge in [0, 0.05) is 30.0 Å². The molecule has 4 rings (SSSR count). The number of anilines is 1. The second-order valence-electron chi connectivity index (χ2n) is 5.70. The lowest BCUT2D eigenvalue weighted by Gasteiger charge is -2.29. The van der Waals surface area contributed by atoms with E-state index in [-0.39, 0.29) is 23.2 Å².